The van der Waals surface area contributed by atoms with Crippen LogP contribution in [0.4, 0.5) is 18.9 Å². The molecule has 0 saturated carbocycles. The van der Waals surface area contributed by atoms with Gasteiger partial charge in [-0.05, 0) is 78.3 Å². The number of halogens is 3. The Bertz CT molecular complexity index is 1230. The third-order valence-electron chi connectivity index (χ3n) is 5.56. The van der Waals surface area contributed by atoms with E-state index in [1.54, 1.807) is 23.9 Å². The van der Waals surface area contributed by atoms with Crippen molar-refractivity contribution in [3.8, 4) is 5.75 Å². The van der Waals surface area contributed by atoms with Crippen LogP contribution in [0, 0.1) is 0 Å². The number of amides is 1. The fourth-order valence-electron chi connectivity index (χ4n) is 3.87. The number of thioether (sulfide) groups is 1. The van der Waals surface area contributed by atoms with Crippen molar-refractivity contribution in [2.45, 2.75) is 30.5 Å². The summed E-state index contributed by atoms with van der Waals surface area (Å²) in [6.45, 7) is -0.0771. The fourth-order valence-corrected chi connectivity index (χ4v) is 4.90. The number of fused-ring (bicyclic) bond motifs is 1. The summed E-state index contributed by atoms with van der Waals surface area (Å²) in [5.74, 6) is 0.0590. The van der Waals surface area contributed by atoms with E-state index in [0.717, 1.165) is 46.7 Å². The zero-order valence-corrected chi connectivity index (χ0v) is 19.4. The lowest BCUT2D eigenvalue weighted by molar-refractivity contribution is -0.139. The maximum Gasteiger partial charge on any atom is 0.416 e. The average Bonchev–Trinajstić information content (AvgIpc) is 3.17. The number of aryl methyl sites for hydroxylation is 1. The molecule has 0 spiro atoms. The maximum absolute atomic E-state index is 12.9. The van der Waals surface area contributed by atoms with Gasteiger partial charge >= 0.3 is 12.1 Å². The number of carbonyl (C=O) groups excluding carboxylic acids is 1. The molecule has 3 aromatic carbocycles. The van der Waals surface area contributed by atoms with Crippen LogP contribution in [0.15, 0.2) is 71.6 Å². The molecule has 1 N–H and O–H groups in total. The number of carboxylic acid groups (broad SMARTS) is 1. The number of nitrogens with zero attached hydrogens (tertiary/aromatic N) is 1. The molecule has 3 aromatic rings. The normalized spacial score (nSPS) is 13.1. The molecule has 9 heteroatoms. The summed E-state index contributed by atoms with van der Waals surface area (Å²) in [5.41, 5.74) is 2.17. The summed E-state index contributed by atoms with van der Waals surface area (Å²) in [6.07, 6.45) is -2.79. The highest BCUT2D eigenvalue weighted by molar-refractivity contribution is 7.99. The number of hydrogen-bond acceptors (Lipinski definition) is 4. The van der Waals surface area contributed by atoms with Crippen molar-refractivity contribution in [2.24, 2.45) is 0 Å². The predicted octanol–water partition coefficient (Wildman–Crippen LogP) is 6.05. The minimum absolute atomic E-state index is 0.222. The molecule has 0 saturated heterocycles. The van der Waals surface area contributed by atoms with Crippen molar-refractivity contribution in [3.05, 3.63) is 89.0 Å². The summed E-state index contributed by atoms with van der Waals surface area (Å²) in [4.78, 5) is 26.1. The molecule has 1 aliphatic rings. The van der Waals surface area contributed by atoms with Crippen molar-refractivity contribution in [1.82, 2.24) is 0 Å². The molecule has 35 heavy (non-hydrogen) atoms. The van der Waals surface area contributed by atoms with E-state index in [1.807, 2.05) is 30.3 Å². The van der Waals surface area contributed by atoms with Crippen LogP contribution in [-0.2, 0) is 23.9 Å². The van der Waals surface area contributed by atoms with Crippen LogP contribution in [0.3, 0.4) is 0 Å². The molecule has 0 fully saturated rings. The van der Waals surface area contributed by atoms with Crippen LogP contribution < -0.4 is 9.64 Å². The van der Waals surface area contributed by atoms with Crippen LogP contribution in [-0.4, -0.2) is 29.3 Å². The van der Waals surface area contributed by atoms with E-state index in [0.29, 0.717) is 23.5 Å². The SMILES string of the molecule is O=C(O)COc1cccc(CCCSc2cccc3c2CN(c2ccc(C(F)(F)F)cc2)C3=O)c1. The van der Waals surface area contributed by atoms with Crippen LogP contribution in [0.25, 0.3) is 0 Å². The molecule has 0 bridgehead atoms. The molecule has 0 aromatic heterocycles. The molecular weight excluding hydrogens is 479 g/mol. The number of hydrogen-bond donors (Lipinski definition) is 1. The molecule has 0 radical (unpaired) electrons. The van der Waals surface area contributed by atoms with Crippen LogP contribution >= 0.6 is 11.8 Å². The van der Waals surface area contributed by atoms with Gasteiger partial charge < -0.3 is 14.7 Å². The molecule has 0 unspecified atom stereocenters. The lowest BCUT2D eigenvalue weighted by Gasteiger charge is -2.17. The monoisotopic (exact) mass is 501 g/mol. The first-order chi connectivity index (χ1) is 16.7. The summed E-state index contributed by atoms with van der Waals surface area (Å²) in [5, 5.41) is 8.74. The van der Waals surface area contributed by atoms with Gasteiger partial charge in [0.25, 0.3) is 5.91 Å². The second-order valence-electron chi connectivity index (χ2n) is 8.00. The highest BCUT2D eigenvalue weighted by Crippen LogP contribution is 2.36. The number of rotatable bonds is 9. The third kappa shape index (κ3) is 5.97. The molecule has 1 aliphatic heterocycles. The predicted molar refractivity (Wildman–Crippen MR) is 127 cm³/mol. The van der Waals surface area contributed by atoms with E-state index in [4.69, 9.17) is 9.84 Å². The van der Waals surface area contributed by atoms with Crippen LogP contribution in [0.2, 0.25) is 0 Å². The first-order valence-corrected chi connectivity index (χ1v) is 11.9. The number of ether oxygens (including phenoxy) is 1. The van der Waals surface area contributed by atoms with E-state index < -0.39 is 17.7 Å². The molecule has 0 aliphatic carbocycles. The third-order valence-corrected chi connectivity index (χ3v) is 6.75. The minimum Gasteiger partial charge on any atom is -0.482 e. The largest absolute Gasteiger partial charge is 0.482 e. The van der Waals surface area contributed by atoms with Gasteiger partial charge in [0.15, 0.2) is 6.61 Å². The standard InChI is InChI=1S/C26H22F3NO4S/c27-26(28,29)18-9-11-19(12-10-18)30-15-22-21(25(30)33)7-2-8-23(22)35-13-3-5-17-4-1-6-20(14-17)34-16-24(31)32/h1-2,4,6-12,14H,3,5,13,15-16H2,(H,31,32). The van der Waals surface area contributed by atoms with Crippen LogP contribution in [0.1, 0.15) is 33.5 Å². The van der Waals surface area contributed by atoms with E-state index in [1.165, 1.54) is 17.0 Å². The van der Waals surface area contributed by atoms with Crippen molar-refractivity contribution >= 4 is 29.3 Å². The van der Waals surface area contributed by atoms with Crippen molar-refractivity contribution in [2.75, 3.05) is 17.3 Å². The van der Waals surface area contributed by atoms with Crippen molar-refractivity contribution in [3.63, 3.8) is 0 Å². The Morgan fingerprint density at radius 2 is 1.80 bits per heavy atom. The van der Waals surface area contributed by atoms with E-state index in [2.05, 4.69) is 0 Å². The number of benzene rings is 3. The second-order valence-corrected chi connectivity index (χ2v) is 9.14. The van der Waals surface area contributed by atoms with E-state index >= 15 is 0 Å². The second kappa shape index (κ2) is 10.4. The maximum atomic E-state index is 12.9. The lowest BCUT2D eigenvalue weighted by atomic mass is 10.1. The van der Waals surface area contributed by atoms with Gasteiger partial charge in [-0.3, -0.25) is 4.79 Å². The van der Waals surface area contributed by atoms with Gasteiger partial charge in [-0.25, -0.2) is 4.79 Å². The first kappa shape index (κ1) is 24.7. The number of anilines is 1. The molecule has 0 atom stereocenters. The molecule has 182 valence electrons. The summed E-state index contributed by atoms with van der Waals surface area (Å²) < 4.78 is 43.8. The van der Waals surface area contributed by atoms with Gasteiger partial charge in [0.05, 0.1) is 12.1 Å². The Hall–Kier alpha value is -3.46. The number of alkyl halides is 3. The Kier molecular flexibility index (Phi) is 7.35. The Morgan fingerprint density at radius 3 is 2.51 bits per heavy atom. The smallest absolute Gasteiger partial charge is 0.416 e. The van der Waals surface area contributed by atoms with Gasteiger partial charge in [0.1, 0.15) is 5.75 Å². The molecule has 1 amide bonds. The fraction of sp³-hybridized carbons (Fsp3) is 0.231. The van der Waals surface area contributed by atoms with Crippen molar-refractivity contribution < 1.29 is 32.6 Å². The van der Waals surface area contributed by atoms with Gasteiger partial charge in [-0.1, -0.05) is 18.2 Å². The number of carboxylic acids is 1. The molecule has 1 heterocycles. The van der Waals surface area contributed by atoms with Crippen molar-refractivity contribution in [1.29, 1.82) is 0 Å². The zero-order valence-electron chi connectivity index (χ0n) is 18.5. The number of carbonyl (C=O) groups is 2. The summed E-state index contributed by atoms with van der Waals surface area (Å²) in [7, 11) is 0. The zero-order chi connectivity index (χ0) is 25.0. The van der Waals surface area contributed by atoms with Crippen LogP contribution in [0.5, 0.6) is 5.75 Å². The first-order valence-electron chi connectivity index (χ1n) is 10.9. The lowest BCUT2D eigenvalue weighted by Crippen LogP contribution is -2.23. The highest BCUT2D eigenvalue weighted by Gasteiger charge is 2.33. The summed E-state index contributed by atoms with van der Waals surface area (Å²) >= 11 is 1.63. The molecule has 4 rings (SSSR count). The highest BCUT2D eigenvalue weighted by atomic mass is 32.2. The van der Waals surface area contributed by atoms with E-state index in [-0.39, 0.29) is 12.5 Å². The van der Waals surface area contributed by atoms with E-state index in [9.17, 15) is 22.8 Å². The average molecular weight is 502 g/mol. The quantitative estimate of drug-likeness (QED) is 0.285. The van der Waals surface area contributed by atoms with Gasteiger partial charge in [-0.15, -0.1) is 11.8 Å². The van der Waals surface area contributed by atoms with Gasteiger partial charge in [-0.2, -0.15) is 13.2 Å². The minimum atomic E-state index is -4.42. The Balaban J connectivity index is 1.37. The molecular formula is C26H22F3NO4S. The number of aliphatic carboxylic acids is 1. The van der Waals surface area contributed by atoms with Gasteiger partial charge in [0.2, 0.25) is 0 Å². The summed E-state index contributed by atoms with van der Waals surface area (Å²) in [6, 6.07) is 17.5. The van der Waals surface area contributed by atoms with Gasteiger partial charge in [0, 0.05) is 16.1 Å². The Morgan fingerprint density at radius 1 is 1.06 bits per heavy atom. The molecule has 5 nitrogen and oxygen atoms in total. The topological polar surface area (TPSA) is 66.8 Å². The Labute approximate surface area is 204 Å².